The summed E-state index contributed by atoms with van der Waals surface area (Å²) in [6, 6.07) is 0. The topological polar surface area (TPSA) is 37.3 Å². The van der Waals surface area contributed by atoms with Gasteiger partial charge in [-0.2, -0.15) is 0 Å². The van der Waals surface area contributed by atoms with Crippen molar-refractivity contribution in [3.63, 3.8) is 0 Å². The van der Waals surface area contributed by atoms with Gasteiger partial charge in [-0.3, -0.25) is 4.79 Å². The highest BCUT2D eigenvalue weighted by Crippen LogP contribution is 1.94. The summed E-state index contributed by atoms with van der Waals surface area (Å²) in [7, 11) is -0.611. The van der Waals surface area contributed by atoms with Crippen molar-refractivity contribution < 1.29 is 9.90 Å². The van der Waals surface area contributed by atoms with Crippen molar-refractivity contribution in [3.05, 3.63) is 0 Å². The van der Waals surface area contributed by atoms with E-state index in [0.29, 0.717) is 0 Å². The Balaban J connectivity index is 0. The smallest absolute Gasteiger partial charge is 0.300 e. The molecule has 0 amide bonds. The second kappa shape index (κ2) is 4.55. The zero-order valence-electron chi connectivity index (χ0n) is 6.86. The molecule has 0 heterocycles. The zero-order chi connectivity index (χ0) is 8.08. The second-order valence-electron chi connectivity index (χ2n) is 3.52. The minimum Gasteiger partial charge on any atom is -0.481 e. The third-order valence-corrected chi connectivity index (χ3v) is 0. The second-order valence-corrected chi connectivity index (χ2v) is 9.52. The molecule has 0 rings (SSSR count). The molecule has 0 fully saturated rings. The first-order valence-corrected chi connectivity index (χ1v) is 6.93. The molecule has 0 aliphatic rings. The van der Waals surface area contributed by atoms with Crippen LogP contribution < -0.4 is 0 Å². The van der Waals surface area contributed by atoms with Gasteiger partial charge in [0, 0.05) is 15.0 Å². The molecule has 0 saturated carbocycles. The van der Waals surface area contributed by atoms with Crippen LogP contribution in [0.1, 0.15) is 6.92 Å². The average molecular weight is 148 g/mol. The SMILES string of the molecule is CC(=O)O.C[Si](C)(C)C. The normalized spacial score (nSPS) is 9.44. The molecule has 0 aliphatic carbocycles. The van der Waals surface area contributed by atoms with Crippen LogP contribution in [0.3, 0.4) is 0 Å². The van der Waals surface area contributed by atoms with Crippen molar-refractivity contribution in [2.75, 3.05) is 0 Å². The number of rotatable bonds is 0. The van der Waals surface area contributed by atoms with Crippen molar-refractivity contribution in [1.82, 2.24) is 0 Å². The molecule has 0 aliphatic heterocycles. The first-order chi connectivity index (χ1) is 3.73. The Hall–Kier alpha value is -0.313. The molecule has 3 heteroatoms. The van der Waals surface area contributed by atoms with Gasteiger partial charge in [-0.05, 0) is 0 Å². The Morgan fingerprint density at radius 2 is 1.22 bits per heavy atom. The molecule has 0 spiro atoms. The summed E-state index contributed by atoms with van der Waals surface area (Å²) < 4.78 is 0. The summed E-state index contributed by atoms with van der Waals surface area (Å²) in [6.07, 6.45) is 0. The van der Waals surface area contributed by atoms with Gasteiger partial charge in [0.1, 0.15) is 0 Å². The molecular formula is C6H16O2Si. The third-order valence-electron chi connectivity index (χ3n) is 0. The Bertz CT molecular complexity index is 73.5. The van der Waals surface area contributed by atoms with Gasteiger partial charge in [0.05, 0.1) is 0 Å². The van der Waals surface area contributed by atoms with E-state index in [1.54, 1.807) is 0 Å². The molecular weight excluding hydrogens is 132 g/mol. The van der Waals surface area contributed by atoms with Crippen LogP contribution in [0.25, 0.3) is 0 Å². The van der Waals surface area contributed by atoms with Gasteiger partial charge in [0.25, 0.3) is 5.97 Å². The lowest BCUT2D eigenvalue weighted by Crippen LogP contribution is -2.10. The average Bonchev–Trinajstić information content (AvgIpc) is 1.19. The summed E-state index contributed by atoms with van der Waals surface area (Å²) in [5.41, 5.74) is 0. The van der Waals surface area contributed by atoms with Crippen LogP contribution in [0.15, 0.2) is 0 Å². The predicted octanol–water partition coefficient (Wildman–Crippen LogP) is 2.05. The Labute approximate surface area is 57.9 Å². The van der Waals surface area contributed by atoms with Crippen LogP contribution in [0, 0.1) is 0 Å². The van der Waals surface area contributed by atoms with Crippen LogP contribution in [0.2, 0.25) is 26.2 Å². The fourth-order valence-electron chi connectivity index (χ4n) is 0. The van der Waals surface area contributed by atoms with Crippen LogP contribution >= 0.6 is 0 Å². The van der Waals surface area contributed by atoms with E-state index in [0.717, 1.165) is 6.92 Å². The summed E-state index contributed by atoms with van der Waals surface area (Å²) in [4.78, 5) is 9.00. The van der Waals surface area contributed by atoms with E-state index in [-0.39, 0.29) is 0 Å². The van der Waals surface area contributed by atoms with Crippen molar-refractivity contribution in [2.24, 2.45) is 0 Å². The summed E-state index contributed by atoms with van der Waals surface area (Å²) in [6.45, 7) is 10.4. The lowest BCUT2D eigenvalue weighted by molar-refractivity contribution is -0.134. The maximum Gasteiger partial charge on any atom is 0.300 e. The quantitative estimate of drug-likeness (QED) is 0.534. The van der Waals surface area contributed by atoms with E-state index < -0.39 is 14.0 Å². The van der Waals surface area contributed by atoms with Crippen LogP contribution in [0.5, 0.6) is 0 Å². The molecule has 0 aromatic rings. The minimum absolute atomic E-state index is 0.611. The van der Waals surface area contributed by atoms with Crippen molar-refractivity contribution in [2.45, 2.75) is 33.1 Å². The summed E-state index contributed by atoms with van der Waals surface area (Å²) in [5.74, 6) is -0.833. The molecule has 2 nitrogen and oxygen atoms in total. The molecule has 1 N–H and O–H groups in total. The zero-order valence-corrected chi connectivity index (χ0v) is 7.86. The minimum atomic E-state index is -0.833. The van der Waals surface area contributed by atoms with Gasteiger partial charge >= 0.3 is 0 Å². The van der Waals surface area contributed by atoms with Crippen molar-refractivity contribution in [1.29, 1.82) is 0 Å². The Morgan fingerprint density at radius 3 is 1.22 bits per heavy atom. The Morgan fingerprint density at radius 1 is 1.22 bits per heavy atom. The van der Waals surface area contributed by atoms with Gasteiger partial charge in [-0.1, -0.05) is 26.2 Å². The molecule has 0 unspecified atom stereocenters. The molecule has 0 radical (unpaired) electrons. The van der Waals surface area contributed by atoms with Gasteiger partial charge < -0.3 is 5.11 Å². The molecule has 0 atom stereocenters. The molecule has 0 bridgehead atoms. The van der Waals surface area contributed by atoms with Crippen LogP contribution in [-0.2, 0) is 4.79 Å². The predicted molar refractivity (Wildman–Crippen MR) is 42.5 cm³/mol. The van der Waals surface area contributed by atoms with Crippen LogP contribution in [0.4, 0.5) is 0 Å². The highest BCUT2D eigenvalue weighted by Gasteiger charge is 1.99. The van der Waals surface area contributed by atoms with E-state index in [4.69, 9.17) is 9.90 Å². The van der Waals surface area contributed by atoms with Gasteiger partial charge in [0.15, 0.2) is 0 Å². The number of carboxylic acids is 1. The third kappa shape index (κ3) is 2540. The number of hydrogen-bond acceptors (Lipinski definition) is 1. The van der Waals surface area contributed by atoms with Crippen molar-refractivity contribution in [3.8, 4) is 0 Å². The summed E-state index contributed by atoms with van der Waals surface area (Å²) in [5, 5.41) is 7.42. The van der Waals surface area contributed by atoms with Gasteiger partial charge in [-0.25, -0.2) is 0 Å². The highest BCUT2D eigenvalue weighted by molar-refractivity contribution is 6.74. The van der Waals surface area contributed by atoms with E-state index in [1.165, 1.54) is 0 Å². The van der Waals surface area contributed by atoms with E-state index in [9.17, 15) is 0 Å². The number of carboxylic acid groups (broad SMARTS) is 1. The van der Waals surface area contributed by atoms with Gasteiger partial charge in [-0.15, -0.1) is 0 Å². The monoisotopic (exact) mass is 148 g/mol. The molecule has 0 aromatic carbocycles. The van der Waals surface area contributed by atoms with Crippen LogP contribution in [-0.4, -0.2) is 19.1 Å². The number of hydrogen-bond donors (Lipinski definition) is 1. The van der Waals surface area contributed by atoms with E-state index in [1.807, 2.05) is 0 Å². The van der Waals surface area contributed by atoms with Crippen molar-refractivity contribution >= 4 is 14.0 Å². The fraction of sp³-hybridized carbons (Fsp3) is 0.833. The van der Waals surface area contributed by atoms with E-state index in [2.05, 4.69) is 26.2 Å². The lowest BCUT2D eigenvalue weighted by Gasteiger charge is -2.01. The lowest BCUT2D eigenvalue weighted by atomic mass is 10.9. The first-order valence-electron chi connectivity index (χ1n) is 2.93. The number of carbonyl (C=O) groups is 1. The molecule has 9 heavy (non-hydrogen) atoms. The van der Waals surface area contributed by atoms with E-state index >= 15 is 0 Å². The fourth-order valence-corrected chi connectivity index (χ4v) is 0. The largest absolute Gasteiger partial charge is 0.481 e. The highest BCUT2D eigenvalue weighted by atomic mass is 28.3. The number of aliphatic carboxylic acids is 1. The van der Waals surface area contributed by atoms with Gasteiger partial charge in [0.2, 0.25) is 0 Å². The maximum absolute atomic E-state index is 9.00. The Kier molecular flexibility index (Phi) is 5.81. The summed E-state index contributed by atoms with van der Waals surface area (Å²) >= 11 is 0. The molecule has 56 valence electrons. The first kappa shape index (κ1) is 11.5. The standard InChI is InChI=1S/C4H12Si.C2H4O2/c1-5(2,3)4;1-2(3)4/h1-4H3;1H3,(H,3,4). The molecule has 0 aromatic heterocycles. The maximum atomic E-state index is 9.00. The molecule has 0 saturated heterocycles.